The molecule has 1 nitrogen and oxygen atoms in total. The van der Waals surface area contributed by atoms with Crippen LogP contribution in [0.1, 0.15) is 13.3 Å². The molecule has 0 amide bonds. The lowest BCUT2D eigenvalue weighted by Crippen LogP contribution is -2.07. The summed E-state index contributed by atoms with van der Waals surface area (Å²) in [5, 5.41) is 0. The maximum Gasteiger partial charge on any atom is 0.105 e. The second-order valence-electron chi connectivity index (χ2n) is 3.44. The van der Waals surface area contributed by atoms with Gasteiger partial charge < -0.3 is 4.74 Å². The van der Waals surface area contributed by atoms with Gasteiger partial charge in [0.25, 0.3) is 0 Å². The highest BCUT2D eigenvalue weighted by molar-refractivity contribution is 5.30. The molecule has 2 unspecified atom stereocenters. The lowest BCUT2D eigenvalue weighted by atomic mass is 10.1. The topological polar surface area (TPSA) is 9.23 Å². The molecule has 2 aliphatic rings. The van der Waals surface area contributed by atoms with Gasteiger partial charge in [-0.3, -0.25) is 0 Å². The van der Waals surface area contributed by atoms with E-state index in [1.165, 1.54) is 0 Å². The van der Waals surface area contributed by atoms with Crippen LogP contribution in [0, 0.1) is 11.3 Å². The predicted molar refractivity (Wildman–Crippen MR) is 36.2 cm³/mol. The largest absolute Gasteiger partial charge is 0.377 e. The zero-order valence-corrected chi connectivity index (χ0v) is 6.23. The molecular formula is C8H11FO. The van der Waals surface area contributed by atoms with Gasteiger partial charge in [-0.25, -0.2) is 4.39 Å². The van der Waals surface area contributed by atoms with E-state index in [0.717, 1.165) is 6.42 Å². The number of methoxy groups -OCH3 is 1. The van der Waals surface area contributed by atoms with E-state index in [1.807, 2.05) is 6.92 Å². The van der Waals surface area contributed by atoms with Crippen LogP contribution in [-0.2, 0) is 4.74 Å². The Labute approximate surface area is 59.9 Å². The van der Waals surface area contributed by atoms with Gasteiger partial charge in [0.05, 0.1) is 6.10 Å². The molecule has 56 valence electrons. The van der Waals surface area contributed by atoms with Gasteiger partial charge in [0.15, 0.2) is 0 Å². The van der Waals surface area contributed by atoms with Crippen molar-refractivity contribution in [3.8, 4) is 0 Å². The number of hydrogen-bond donors (Lipinski definition) is 0. The van der Waals surface area contributed by atoms with Crippen molar-refractivity contribution >= 4 is 0 Å². The van der Waals surface area contributed by atoms with Crippen molar-refractivity contribution in [2.75, 3.05) is 7.11 Å². The summed E-state index contributed by atoms with van der Waals surface area (Å²) in [6, 6.07) is 0. The summed E-state index contributed by atoms with van der Waals surface area (Å²) in [5.41, 5.74) is -0.138. The smallest absolute Gasteiger partial charge is 0.105 e. The first-order chi connectivity index (χ1) is 4.68. The standard InChI is InChI=1S/C8H11FO/c1-8-4-5(8)6(10-2)3-7(8)9/h3,5-6H,4H2,1-2H3/t5-,6?,8?/m0/s1. The third-order valence-electron chi connectivity index (χ3n) is 2.83. The normalized spacial score (nSPS) is 50.5. The Morgan fingerprint density at radius 1 is 1.80 bits per heavy atom. The Hall–Kier alpha value is -0.370. The van der Waals surface area contributed by atoms with Crippen molar-refractivity contribution < 1.29 is 9.13 Å². The summed E-state index contributed by atoms with van der Waals surface area (Å²) in [6.07, 6.45) is 2.62. The maximum atomic E-state index is 13.0. The molecule has 0 N–H and O–H groups in total. The lowest BCUT2D eigenvalue weighted by molar-refractivity contribution is 0.122. The van der Waals surface area contributed by atoms with E-state index in [-0.39, 0.29) is 17.3 Å². The van der Waals surface area contributed by atoms with Crippen molar-refractivity contribution in [1.82, 2.24) is 0 Å². The minimum Gasteiger partial charge on any atom is -0.377 e. The summed E-state index contributed by atoms with van der Waals surface area (Å²) in [7, 11) is 1.64. The van der Waals surface area contributed by atoms with Crippen LogP contribution in [0.5, 0.6) is 0 Å². The van der Waals surface area contributed by atoms with Crippen LogP contribution < -0.4 is 0 Å². The molecule has 0 bridgehead atoms. The Morgan fingerprint density at radius 3 is 2.70 bits per heavy atom. The summed E-state index contributed by atoms with van der Waals surface area (Å²) >= 11 is 0. The molecule has 1 saturated carbocycles. The highest BCUT2D eigenvalue weighted by Crippen LogP contribution is 2.64. The van der Waals surface area contributed by atoms with E-state index in [9.17, 15) is 4.39 Å². The Kier molecular flexibility index (Phi) is 1.03. The third kappa shape index (κ3) is 0.553. The summed E-state index contributed by atoms with van der Waals surface area (Å²) in [5.74, 6) is 0.460. The van der Waals surface area contributed by atoms with Gasteiger partial charge in [-0.15, -0.1) is 0 Å². The van der Waals surface area contributed by atoms with Crippen molar-refractivity contribution in [3.63, 3.8) is 0 Å². The van der Waals surface area contributed by atoms with Gasteiger partial charge >= 0.3 is 0 Å². The highest BCUT2D eigenvalue weighted by Gasteiger charge is 2.61. The van der Waals surface area contributed by atoms with E-state index in [2.05, 4.69) is 0 Å². The molecule has 10 heavy (non-hydrogen) atoms. The van der Waals surface area contributed by atoms with Crippen molar-refractivity contribution in [2.45, 2.75) is 19.4 Å². The predicted octanol–water partition coefficient (Wildman–Crippen LogP) is 1.89. The first kappa shape index (κ1) is 6.35. The average Bonchev–Trinajstić information content (AvgIpc) is 2.52. The molecule has 2 aliphatic carbocycles. The van der Waals surface area contributed by atoms with Crippen molar-refractivity contribution in [1.29, 1.82) is 0 Å². The first-order valence-electron chi connectivity index (χ1n) is 3.59. The maximum absolute atomic E-state index is 13.0. The molecule has 0 aliphatic heterocycles. The Bertz CT molecular complexity index is 199. The first-order valence-corrected chi connectivity index (χ1v) is 3.59. The minimum atomic E-state index is -0.138. The fourth-order valence-corrected chi connectivity index (χ4v) is 1.83. The summed E-state index contributed by atoms with van der Waals surface area (Å²) in [4.78, 5) is 0. The van der Waals surface area contributed by atoms with Crippen LogP contribution in [-0.4, -0.2) is 13.2 Å². The van der Waals surface area contributed by atoms with Crippen LogP contribution in [0.15, 0.2) is 11.9 Å². The molecule has 0 saturated heterocycles. The SMILES string of the molecule is COC1C=C(F)C2(C)C[C@@H]12. The van der Waals surface area contributed by atoms with Crippen LogP contribution in [0.25, 0.3) is 0 Å². The van der Waals surface area contributed by atoms with Gasteiger partial charge in [0.1, 0.15) is 5.83 Å². The van der Waals surface area contributed by atoms with E-state index in [4.69, 9.17) is 4.74 Å². The summed E-state index contributed by atoms with van der Waals surface area (Å²) < 4.78 is 18.0. The number of halogens is 1. The second-order valence-corrected chi connectivity index (χ2v) is 3.44. The minimum absolute atomic E-state index is 0.0318. The molecule has 0 heterocycles. The van der Waals surface area contributed by atoms with E-state index < -0.39 is 0 Å². The quantitative estimate of drug-likeness (QED) is 0.543. The molecule has 0 radical (unpaired) electrons. The Morgan fingerprint density at radius 2 is 2.50 bits per heavy atom. The van der Waals surface area contributed by atoms with E-state index in [1.54, 1.807) is 13.2 Å². The van der Waals surface area contributed by atoms with Gasteiger partial charge in [-0.2, -0.15) is 0 Å². The summed E-state index contributed by atoms with van der Waals surface area (Å²) in [6.45, 7) is 1.96. The lowest BCUT2D eigenvalue weighted by Gasteiger charge is -2.03. The molecule has 0 aromatic heterocycles. The van der Waals surface area contributed by atoms with Gasteiger partial charge in [0, 0.05) is 18.4 Å². The zero-order valence-electron chi connectivity index (χ0n) is 6.23. The molecule has 3 atom stereocenters. The molecule has 0 spiro atoms. The Balaban J connectivity index is 2.22. The zero-order chi connectivity index (χ0) is 7.35. The fourth-order valence-electron chi connectivity index (χ4n) is 1.83. The van der Waals surface area contributed by atoms with Gasteiger partial charge in [-0.1, -0.05) is 6.92 Å². The molecular weight excluding hydrogens is 131 g/mol. The molecule has 0 aromatic carbocycles. The third-order valence-corrected chi connectivity index (χ3v) is 2.83. The number of allylic oxidation sites excluding steroid dienone is 1. The van der Waals surface area contributed by atoms with Crippen LogP contribution >= 0.6 is 0 Å². The van der Waals surface area contributed by atoms with Crippen molar-refractivity contribution in [2.24, 2.45) is 11.3 Å². The number of rotatable bonds is 1. The molecule has 2 rings (SSSR count). The monoisotopic (exact) mass is 142 g/mol. The average molecular weight is 142 g/mol. The van der Waals surface area contributed by atoms with Crippen molar-refractivity contribution in [3.05, 3.63) is 11.9 Å². The molecule has 1 fully saturated rings. The van der Waals surface area contributed by atoms with E-state index >= 15 is 0 Å². The number of fused-ring (bicyclic) bond motifs is 1. The second kappa shape index (κ2) is 1.62. The van der Waals surface area contributed by atoms with Gasteiger partial charge in [0.2, 0.25) is 0 Å². The highest BCUT2D eigenvalue weighted by atomic mass is 19.1. The molecule has 2 heteroatoms. The van der Waals surface area contributed by atoms with Crippen LogP contribution in [0.3, 0.4) is 0 Å². The van der Waals surface area contributed by atoms with Crippen LogP contribution in [0.2, 0.25) is 0 Å². The fraction of sp³-hybridized carbons (Fsp3) is 0.750. The number of ether oxygens (including phenoxy) is 1. The van der Waals surface area contributed by atoms with Crippen LogP contribution in [0.4, 0.5) is 4.39 Å². The van der Waals surface area contributed by atoms with E-state index in [0.29, 0.717) is 5.92 Å². The van der Waals surface area contributed by atoms with Gasteiger partial charge in [-0.05, 0) is 12.5 Å². The molecule has 0 aromatic rings. The number of hydrogen-bond acceptors (Lipinski definition) is 1.